The molecule has 1 aliphatic heterocycles. The van der Waals surface area contributed by atoms with Crippen LogP contribution < -0.4 is 16.7 Å². The zero-order valence-corrected chi connectivity index (χ0v) is 20.3. The van der Waals surface area contributed by atoms with Crippen molar-refractivity contribution in [3.63, 3.8) is 0 Å². The summed E-state index contributed by atoms with van der Waals surface area (Å²) in [7, 11) is 0. The van der Waals surface area contributed by atoms with E-state index in [1.54, 1.807) is 52.9 Å². The third kappa shape index (κ3) is 4.40. The number of hydrogen-bond donors (Lipinski definition) is 2. The van der Waals surface area contributed by atoms with Crippen LogP contribution in [0.15, 0.2) is 53.7 Å². The summed E-state index contributed by atoms with van der Waals surface area (Å²) in [4.78, 5) is 52.9. The molecule has 11 heteroatoms. The molecule has 1 fully saturated rings. The smallest absolute Gasteiger partial charge is 0.335 e. The van der Waals surface area contributed by atoms with Gasteiger partial charge in [-0.25, -0.2) is 19.7 Å². The van der Waals surface area contributed by atoms with Gasteiger partial charge in [-0.15, -0.1) is 0 Å². The number of nitrogens with one attached hydrogen (secondary N) is 1. The van der Waals surface area contributed by atoms with E-state index in [1.165, 1.54) is 10.9 Å². The number of likely N-dealkylation sites (tertiary alicyclic amines) is 1. The minimum atomic E-state index is -0.357. The predicted octanol–water partition coefficient (Wildman–Crippen LogP) is 1.92. The van der Waals surface area contributed by atoms with Crippen LogP contribution in [0.2, 0.25) is 0 Å². The Bertz CT molecular complexity index is 1640. The lowest BCUT2D eigenvalue weighted by molar-refractivity contribution is -0.124. The third-order valence-corrected chi connectivity index (χ3v) is 6.27. The summed E-state index contributed by atoms with van der Waals surface area (Å²) >= 11 is 0. The number of anilines is 2. The molecule has 5 rings (SSSR count). The molecule has 186 valence electrons. The molecule has 0 aliphatic carbocycles. The molecule has 0 unspecified atom stereocenters. The summed E-state index contributed by atoms with van der Waals surface area (Å²) in [6.07, 6.45) is 3.51. The first kappa shape index (κ1) is 23.7. The number of benzene rings is 1. The van der Waals surface area contributed by atoms with Crippen LogP contribution >= 0.6 is 0 Å². The topological polar surface area (TPSA) is 141 Å². The molecule has 4 heterocycles. The number of carbonyl (C=O) groups excluding carboxylic acids is 2. The van der Waals surface area contributed by atoms with Gasteiger partial charge in [-0.3, -0.25) is 18.7 Å². The molecular formula is C26H24N8O3. The largest absolute Gasteiger partial charge is 0.382 e. The molecule has 1 saturated heterocycles. The molecule has 2 amide bonds. The van der Waals surface area contributed by atoms with Crippen LogP contribution in [-0.2, 0) is 4.79 Å². The molecule has 1 aliphatic rings. The number of nitrogens with zero attached hydrogens (tertiary/aromatic N) is 6. The van der Waals surface area contributed by atoms with Gasteiger partial charge in [0, 0.05) is 24.8 Å². The number of fused-ring (bicyclic) bond motifs is 1. The first-order chi connectivity index (χ1) is 17.9. The van der Waals surface area contributed by atoms with Gasteiger partial charge in [-0.1, -0.05) is 5.92 Å². The minimum Gasteiger partial charge on any atom is -0.382 e. The van der Waals surface area contributed by atoms with E-state index in [0.717, 1.165) is 5.56 Å². The molecule has 1 atom stereocenters. The third-order valence-electron chi connectivity index (χ3n) is 6.27. The van der Waals surface area contributed by atoms with E-state index < -0.39 is 0 Å². The highest BCUT2D eigenvalue weighted by atomic mass is 16.2. The molecule has 3 N–H and O–H groups in total. The summed E-state index contributed by atoms with van der Waals surface area (Å²) in [6, 6.07) is 9.89. The highest BCUT2D eigenvalue weighted by Crippen LogP contribution is 2.27. The predicted molar refractivity (Wildman–Crippen MR) is 138 cm³/mol. The van der Waals surface area contributed by atoms with Gasteiger partial charge in [-0.05, 0) is 68.2 Å². The Balaban J connectivity index is 1.50. The standard InChI is InChI=1S/C26H24N8O3/c1-3-4-21(35)32-12-10-19(14-32)34-24-22(23(27)29-15-30-24)33(26(34)37)18-7-5-17(6-8-18)25(36)31-20-13-16(2)9-11-28-20/h5-9,11,13,15,19H,10,12,14H2,1-2H3,(H2,27,29,30)(H,28,31,36)/t19-/m1/s1. The van der Waals surface area contributed by atoms with E-state index in [9.17, 15) is 14.4 Å². The first-order valence-corrected chi connectivity index (χ1v) is 11.7. The Kier molecular flexibility index (Phi) is 6.15. The monoisotopic (exact) mass is 496 g/mol. The van der Waals surface area contributed by atoms with E-state index in [1.807, 2.05) is 13.0 Å². The van der Waals surface area contributed by atoms with Gasteiger partial charge in [-0.2, -0.15) is 0 Å². The molecule has 0 radical (unpaired) electrons. The Morgan fingerprint density at radius 2 is 1.92 bits per heavy atom. The lowest BCUT2D eigenvalue weighted by Gasteiger charge is -2.14. The fourth-order valence-electron chi connectivity index (χ4n) is 4.51. The number of nitrogen functional groups attached to an aromatic ring is 1. The summed E-state index contributed by atoms with van der Waals surface area (Å²) < 4.78 is 2.99. The molecule has 3 aromatic heterocycles. The maximum Gasteiger partial charge on any atom is 0.335 e. The van der Waals surface area contributed by atoms with Crippen LogP contribution in [0.5, 0.6) is 0 Å². The van der Waals surface area contributed by atoms with E-state index >= 15 is 0 Å². The summed E-state index contributed by atoms with van der Waals surface area (Å²) in [6.45, 7) is 4.34. The van der Waals surface area contributed by atoms with Crippen molar-refractivity contribution in [1.29, 1.82) is 0 Å². The van der Waals surface area contributed by atoms with Crippen molar-refractivity contribution < 1.29 is 9.59 Å². The van der Waals surface area contributed by atoms with Gasteiger partial charge in [0.15, 0.2) is 11.5 Å². The number of carbonyl (C=O) groups is 2. The number of nitrogens with two attached hydrogens (primary N) is 1. The maximum absolute atomic E-state index is 13.7. The van der Waals surface area contributed by atoms with Gasteiger partial charge in [0.1, 0.15) is 17.7 Å². The minimum absolute atomic E-state index is 0.149. The van der Waals surface area contributed by atoms with Crippen LogP contribution in [0.3, 0.4) is 0 Å². The summed E-state index contributed by atoms with van der Waals surface area (Å²) in [5.74, 6) is 5.17. The second-order valence-electron chi connectivity index (χ2n) is 8.71. The van der Waals surface area contributed by atoms with Crippen molar-refractivity contribution in [3.8, 4) is 17.5 Å². The molecule has 0 spiro atoms. The SMILES string of the molecule is CC#CC(=O)N1CC[C@@H](n2c(=O)n(-c3ccc(C(=O)Nc4cc(C)ccn4)cc3)c3c(N)ncnc32)C1. The first-order valence-electron chi connectivity index (χ1n) is 11.7. The van der Waals surface area contributed by atoms with Crippen molar-refractivity contribution in [2.24, 2.45) is 0 Å². The van der Waals surface area contributed by atoms with Gasteiger partial charge >= 0.3 is 5.69 Å². The van der Waals surface area contributed by atoms with Gasteiger partial charge in [0.2, 0.25) is 0 Å². The number of rotatable bonds is 4. The summed E-state index contributed by atoms with van der Waals surface area (Å²) in [5, 5.41) is 2.77. The zero-order valence-electron chi connectivity index (χ0n) is 20.3. The quantitative estimate of drug-likeness (QED) is 0.411. The summed E-state index contributed by atoms with van der Waals surface area (Å²) in [5.41, 5.74) is 8.46. The Morgan fingerprint density at radius 3 is 2.65 bits per heavy atom. The van der Waals surface area contributed by atoms with Crippen LogP contribution in [0.1, 0.15) is 35.3 Å². The van der Waals surface area contributed by atoms with Crippen molar-refractivity contribution in [3.05, 3.63) is 70.5 Å². The number of imidazole rings is 1. The van der Waals surface area contributed by atoms with Crippen molar-refractivity contribution in [2.45, 2.75) is 26.3 Å². The number of amides is 2. The molecular weight excluding hydrogens is 472 g/mol. The highest BCUT2D eigenvalue weighted by molar-refractivity contribution is 6.04. The van der Waals surface area contributed by atoms with Crippen LogP contribution in [0.25, 0.3) is 16.9 Å². The molecule has 0 saturated carbocycles. The number of aromatic nitrogens is 5. The number of aryl methyl sites for hydroxylation is 1. The van der Waals surface area contributed by atoms with Gasteiger partial charge in [0.05, 0.1) is 11.7 Å². The zero-order chi connectivity index (χ0) is 26.1. The second-order valence-corrected chi connectivity index (χ2v) is 8.71. The Hall–Kier alpha value is -4.98. The lowest BCUT2D eigenvalue weighted by Crippen LogP contribution is -2.31. The average molecular weight is 497 g/mol. The fraction of sp³-hybridized carbons (Fsp3) is 0.231. The van der Waals surface area contributed by atoms with E-state index in [0.29, 0.717) is 47.7 Å². The normalized spacial score (nSPS) is 14.9. The average Bonchev–Trinajstić information content (AvgIpc) is 3.47. The van der Waals surface area contributed by atoms with Gasteiger partial charge in [0.25, 0.3) is 11.8 Å². The van der Waals surface area contributed by atoms with E-state index in [4.69, 9.17) is 5.73 Å². The fourth-order valence-corrected chi connectivity index (χ4v) is 4.51. The van der Waals surface area contributed by atoms with Crippen molar-refractivity contribution >= 4 is 34.6 Å². The second kappa shape index (κ2) is 9.58. The number of pyridine rings is 1. The highest BCUT2D eigenvalue weighted by Gasteiger charge is 2.31. The molecule has 1 aromatic carbocycles. The van der Waals surface area contributed by atoms with Crippen molar-refractivity contribution in [2.75, 3.05) is 24.1 Å². The molecule has 37 heavy (non-hydrogen) atoms. The van der Waals surface area contributed by atoms with E-state index in [-0.39, 0.29) is 29.4 Å². The molecule has 4 aromatic rings. The van der Waals surface area contributed by atoms with Crippen molar-refractivity contribution in [1.82, 2.24) is 29.0 Å². The lowest BCUT2D eigenvalue weighted by atomic mass is 10.2. The van der Waals surface area contributed by atoms with Crippen LogP contribution in [-0.4, -0.2) is 53.9 Å². The molecule has 11 nitrogen and oxygen atoms in total. The Labute approximate surface area is 212 Å². The molecule has 0 bridgehead atoms. The Morgan fingerprint density at radius 1 is 1.14 bits per heavy atom. The van der Waals surface area contributed by atoms with Gasteiger partial charge < -0.3 is 16.0 Å². The van der Waals surface area contributed by atoms with Crippen LogP contribution in [0, 0.1) is 18.8 Å². The van der Waals surface area contributed by atoms with E-state index in [2.05, 4.69) is 32.1 Å². The van der Waals surface area contributed by atoms with Crippen LogP contribution in [0.4, 0.5) is 11.6 Å². The number of hydrogen-bond acceptors (Lipinski definition) is 7. The maximum atomic E-state index is 13.7.